The van der Waals surface area contributed by atoms with E-state index < -0.39 is 0 Å². The van der Waals surface area contributed by atoms with Crippen LogP contribution in [0.3, 0.4) is 0 Å². The van der Waals surface area contributed by atoms with Gasteiger partial charge in [-0.2, -0.15) is 5.26 Å². The first-order valence-electron chi connectivity index (χ1n) is 6.28. The Balaban J connectivity index is 1.91. The van der Waals surface area contributed by atoms with Crippen LogP contribution in [0.25, 0.3) is 0 Å². The third-order valence-electron chi connectivity index (χ3n) is 3.17. The molecule has 1 unspecified atom stereocenters. The monoisotopic (exact) mass is 267 g/mol. The molecule has 100 valence electrons. The molecule has 0 spiro atoms. The lowest BCUT2D eigenvalue weighted by Gasteiger charge is -2.27. The van der Waals surface area contributed by atoms with Gasteiger partial charge in [-0.15, -0.1) is 0 Å². The fraction of sp³-hybridized carbons (Fsp3) is 0.200. The molecule has 1 aromatic heterocycles. The number of nitrogens with two attached hydrogens (primary N) is 1. The molecule has 0 amide bonds. The molecule has 1 aromatic carbocycles. The highest BCUT2D eigenvalue weighted by Crippen LogP contribution is 2.38. The lowest BCUT2D eigenvalue weighted by molar-refractivity contribution is 0.0907. The van der Waals surface area contributed by atoms with E-state index in [1.807, 2.05) is 6.07 Å². The van der Waals surface area contributed by atoms with Crippen molar-refractivity contribution < 1.29 is 9.47 Å². The molecule has 2 heterocycles. The SMILES string of the molecule is N#Cc1cccc2c1OCC(c1cncc(CN)c1)O2. The number of fused-ring (bicyclic) bond motifs is 1. The van der Waals surface area contributed by atoms with Gasteiger partial charge in [-0.25, -0.2) is 0 Å². The maximum atomic E-state index is 9.04. The summed E-state index contributed by atoms with van der Waals surface area (Å²) in [5.74, 6) is 1.09. The Labute approximate surface area is 116 Å². The summed E-state index contributed by atoms with van der Waals surface area (Å²) in [6.45, 7) is 0.783. The molecule has 0 aliphatic carbocycles. The first-order chi connectivity index (χ1) is 9.81. The number of ether oxygens (including phenoxy) is 2. The summed E-state index contributed by atoms with van der Waals surface area (Å²) in [4.78, 5) is 4.15. The van der Waals surface area contributed by atoms with E-state index in [0.717, 1.165) is 11.1 Å². The summed E-state index contributed by atoms with van der Waals surface area (Å²) < 4.78 is 11.6. The van der Waals surface area contributed by atoms with Gasteiger partial charge >= 0.3 is 0 Å². The third-order valence-corrected chi connectivity index (χ3v) is 3.17. The van der Waals surface area contributed by atoms with Crippen LogP contribution in [-0.2, 0) is 6.54 Å². The number of hydrogen-bond acceptors (Lipinski definition) is 5. The largest absolute Gasteiger partial charge is 0.484 e. The number of pyridine rings is 1. The fourth-order valence-electron chi connectivity index (χ4n) is 2.15. The third kappa shape index (κ3) is 2.17. The summed E-state index contributed by atoms with van der Waals surface area (Å²) in [7, 11) is 0. The molecule has 0 saturated carbocycles. The van der Waals surface area contributed by atoms with Crippen LogP contribution in [0.5, 0.6) is 11.5 Å². The summed E-state index contributed by atoms with van der Waals surface area (Å²) in [6.07, 6.45) is 3.23. The Morgan fingerprint density at radius 2 is 2.30 bits per heavy atom. The molecule has 0 fully saturated rings. The van der Waals surface area contributed by atoms with Crippen LogP contribution in [-0.4, -0.2) is 11.6 Å². The fourth-order valence-corrected chi connectivity index (χ4v) is 2.15. The molecule has 20 heavy (non-hydrogen) atoms. The van der Waals surface area contributed by atoms with Gasteiger partial charge in [0.25, 0.3) is 0 Å². The number of rotatable bonds is 2. The van der Waals surface area contributed by atoms with Crippen molar-refractivity contribution in [3.05, 3.63) is 53.3 Å². The molecular weight excluding hydrogens is 254 g/mol. The minimum absolute atomic E-state index is 0.240. The first kappa shape index (κ1) is 12.5. The highest BCUT2D eigenvalue weighted by Gasteiger charge is 2.25. The molecule has 1 aliphatic rings. The second kappa shape index (κ2) is 5.19. The quantitative estimate of drug-likeness (QED) is 0.899. The summed E-state index contributed by atoms with van der Waals surface area (Å²) >= 11 is 0. The number of aromatic nitrogens is 1. The van der Waals surface area contributed by atoms with E-state index in [1.165, 1.54) is 0 Å². The molecular formula is C15H13N3O2. The predicted octanol–water partition coefficient (Wildman–Crippen LogP) is 1.92. The Kier molecular flexibility index (Phi) is 3.23. The average molecular weight is 267 g/mol. The lowest BCUT2D eigenvalue weighted by atomic mass is 10.1. The molecule has 2 N–H and O–H groups in total. The molecule has 2 aromatic rings. The van der Waals surface area contributed by atoms with E-state index in [0.29, 0.717) is 30.2 Å². The van der Waals surface area contributed by atoms with Crippen molar-refractivity contribution in [2.24, 2.45) is 5.73 Å². The van der Waals surface area contributed by atoms with Crippen LogP contribution >= 0.6 is 0 Å². The Hall–Kier alpha value is -2.58. The van der Waals surface area contributed by atoms with Crippen molar-refractivity contribution in [3.8, 4) is 17.6 Å². The normalized spacial score (nSPS) is 16.5. The maximum absolute atomic E-state index is 9.04. The minimum atomic E-state index is -0.240. The van der Waals surface area contributed by atoms with Crippen LogP contribution in [0.15, 0.2) is 36.7 Å². The van der Waals surface area contributed by atoms with Crippen molar-refractivity contribution in [1.82, 2.24) is 4.98 Å². The summed E-state index contributed by atoms with van der Waals surface area (Å²) in [5, 5.41) is 9.04. The van der Waals surface area contributed by atoms with Crippen molar-refractivity contribution in [3.63, 3.8) is 0 Å². The topological polar surface area (TPSA) is 81.2 Å². The van der Waals surface area contributed by atoms with Crippen LogP contribution in [0, 0.1) is 11.3 Å². The van der Waals surface area contributed by atoms with Crippen molar-refractivity contribution in [2.45, 2.75) is 12.6 Å². The Bertz CT molecular complexity index is 679. The van der Waals surface area contributed by atoms with E-state index in [2.05, 4.69) is 11.1 Å². The molecule has 0 bridgehead atoms. The van der Waals surface area contributed by atoms with E-state index in [-0.39, 0.29) is 6.10 Å². The lowest BCUT2D eigenvalue weighted by Crippen LogP contribution is -2.22. The van der Waals surface area contributed by atoms with Gasteiger partial charge in [0.05, 0.1) is 5.56 Å². The summed E-state index contributed by atoms with van der Waals surface area (Å²) in [6, 6.07) is 9.33. The van der Waals surface area contributed by atoms with Gasteiger partial charge in [-0.3, -0.25) is 4.98 Å². The molecule has 0 radical (unpaired) electrons. The van der Waals surface area contributed by atoms with Gasteiger partial charge in [0.1, 0.15) is 12.7 Å². The van der Waals surface area contributed by atoms with Gasteiger partial charge in [0.2, 0.25) is 0 Å². The Morgan fingerprint density at radius 1 is 1.40 bits per heavy atom. The van der Waals surface area contributed by atoms with Gasteiger partial charge in [-0.05, 0) is 23.8 Å². The smallest absolute Gasteiger partial charge is 0.179 e. The standard InChI is InChI=1S/C15H13N3O2/c16-5-10-4-12(8-18-7-10)14-9-19-15-11(6-17)2-1-3-13(15)20-14/h1-4,7-8,14H,5,9,16H2. The minimum Gasteiger partial charge on any atom is -0.484 e. The van der Waals surface area contributed by atoms with Crippen LogP contribution in [0.4, 0.5) is 0 Å². The van der Waals surface area contributed by atoms with Gasteiger partial charge in [0, 0.05) is 24.5 Å². The van der Waals surface area contributed by atoms with Gasteiger partial charge in [0.15, 0.2) is 17.6 Å². The molecule has 5 nitrogen and oxygen atoms in total. The molecule has 1 aliphatic heterocycles. The number of para-hydroxylation sites is 1. The van der Waals surface area contributed by atoms with Gasteiger partial charge in [-0.1, -0.05) is 6.07 Å². The molecule has 1 atom stereocenters. The van der Waals surface area contributed by atoms with Crippen LogP contribution in [0.2, 0.25) is 0 Å². The number of nitriles is 1. The van der Waals surface area contributed by atoms with Crippen LogP contribution in [0.1, 0.15) is 22.8 Å². The highest BCUT2D eigenvalue weighted by atomic mass is 16.6. The maximum Gasteiger partial charge on any atom is 0.179 e. The zero-order valence-corrected chi connectivity index (χ0v) is 10.7. The Morgan fingerprint density at radius 3 is 3.10 bits per heavy atom. The van der Waals surface area contributed by atoms with Crippen molar-refractivity contribution in [1.29, 1.82) is 5.26 Å². The molecule has 3 rings (SSSR count). The van der Waals surface area contributed by atoms with Crippen molar-refractivity contribution in [2.75, 3.05) is 6.61 Å². The zero-order chi connectivity index (χ0) is 13.9. The average Bonchev–Trinajstić information content (AvgIpc) is 2.53. The summed E-state index contributed by atoms with van der Waals surface area (Å²) in [5.41, 5.74) is 7.96. The van der Waals surface area contributed by atoms with E-state index in [1.54, 1.807) is 30.6 Å². The zero-order valence-electron chi connectivity index (χ0n) is 10.7. The van der Waals surface area contributed by atoms with E-state index in [9.17, 15) is 0 Å². The number of hydrogen-bond donors (Lipinski definition) is 1. The first-order valence-corrected chi connectivity index (χ1v) is 6.28. The van der Waals surface area contributed by atoms with Crippen LogP contribution < -0.4 is 15.2 Å². The molecule has 5 heteroatoms. The van der Waals surface area contributed by atoms with Crippen molar-refractivity contribution >= 4 is 0 Å². The second-order valence-electron chi connectivity index (χ2n) is 4.49. The number of benzene rings is 1. The van der Waals surface area contributed by atoms with E-state index in [4.69, 9.17) is 20.5 Å². The van der Waals surface area contributed by atoms with Gasteiger partial charge < -0.3 is 15.2 Å². The number of nitrogens with zero attached hydrogens (tertiary/aromatic N) is 2. The highest BCUT2D eigenvalue weighted by molar-refractivity contribution is 5.53. The predicted molar refractivity (Wildman–Crippen MR) is 72.1 cm³/mol. The van der Waals surface area contributed by atoms with E-state index >= 15 is 0 Å². The molecule has 0 saturated heterocycles. The second-order valence-corrected chi connectivity index (χ2v) is 4.49.